The van der Waals surface area contributed by atoms with Crippen molar-refractivity contribution in [2.24, 2.45) is 0 Å². The van der Waals surface area contributed by atoms with Crippen LogP contribution in [-0.2, 0) is 16.4 Å². The summed E-state index contributed by atoms with van der Waals surface area (Å²) in [4.78, 5) is 1.13. The summed E-state index contributed by atoms with van der Waals surface area (Å²) in [5.41, 5.74) is 0. The molecule has 1 aromatic heterocycles. The third kappa shape index (κ3) is 4.28. The second kappa shape index (κ2) is 7.22. The van der Waals surface area contributed by atoms with Crippen LogP contribution in [0.2, 0.25) is 0 Å². The molecule has 0 spiro atoms. The fourth-order valence-electron chi connectivity index (χ4n) is 2.66. The van der Waals surface area contributed by atoms with Gasteiger partial charge in [0.1, 0.15) is 4.21 Å². The van der Waals surface area contributed by atoms with Gasteiger partial charge in [0.05, 0.1) is 0 Å². The van der Waals surface area contributed by atoms with Crippen LogP contribution < -0.4 is 5.32 Å². The molecule has 2 heterocycles. The van der Waals surface area contributed by atoms with Crippen molar-refractivity contribution in [3.05, 3.63) is 17.0 Å². The highest BCUT2D eigenvalue weighted by atomic mass is 32.2. The van der Waals surface area contributed by atoms with E-state index in [1.54, 1.807) is 10.4 Å². The van der Waals surface area contributed by atoms with Crippen LogP contribution >= 0.6 is 11.3 Å². The number of rotatable bonds is 6. The van der Waals surface area contributed by atoms with Gasteiger partial charge in [-0.3, -0.25) is 0 Å². The Labute approximate surface area is 132 Å². The van der Waals surface area contributed by atoms with Crippen LogP contribution in [0.4, 0.5) is 0 Å². The zero-order chi connectivity index (χ0) is 15.5. The predicted octanol–water partition coefficient (Wildman–Crippen LogP) is 2.85. The van der Waals surface area contributed by atoms with Gasteiger partial charge in [-0.15, -0.1) is 11.3 Å². The van der Waals surface area contributed by atoms with E-state index in [1.807, 2.05) is 13.0 Å². The minimum atomic E-state index is -3.30. The lowest BCUT2D eigenvalue weighted by Gasteiger charge is -2.31. The van der Waals surface area contributed by atoms with Crippen molar-refractivity contribution in [2.75, 3.05) is 13.1 Å². The first kappa shape index (κ1) is 16.9. The lowest BCUT2D eigenvalue weighted by Crippen LogP contribution is -2.41. The summed E-state index contributed by atoms with van der Waals surface area (Å²) in [6.45, 7) is 7.78. The monoisotopic (exact) mass is 330 g/mol. The van der Waals surface area contributed by atoms with E-state index in [0.29, 0.717) is 16.8 Å². The lowest BCUT2D eigenvalue weighted by molar-refractivity contribution is 0.269. The van der Waals surface area contributed by atoms with Gasteiger partial charge in [-0.25, -0.2) is 8.42 Å². The summed E-state index contributed by atoms with van der Waals surface area (Å²) in [6, 6.07) is 4.31. The highest BCUT2D eigenvalue weighted by molar-refractivity contribution is 7.91. The maximum absolute atomic E-state index is 12.7. The molecule has 1 N–H and O–H groups in total. The molecular weight excluding hydrogens is 304 g/mol. The number of hydrogen-bond acceptors (Lipinski definition) is 4. The first-order valence-corrected chi connectivity index (χ1v) is 10.0. The van der Waals surface area contributed by atoms with Gasteiger partial charge in [0.2, 0.25) is 0 Å². The van der Waals surface area contributed by atoms with Crippen molar-refractivity contribution >= 4 is 21.4 Å². The Morgan fingerprint density at radius 3 is 2.81 bits per heavy atom. The Kier molecular flexibility index (Phi) is 5.82. The van der Waals surface area contributed by atoms with E-state index in [9.17, 15) is 8.42 Å². The number of nitrogens with zero attached hydrogens (tertiary/aromatic N) is 1. The minimum absolute atomic E-state index is 0.122. The Morgan fingerprint density at radius 1 is 1.38 bits per heavy atom. The molecule has 2 rings (SSSR count). The van der Waals surface area contributed by atoms with Crippen LogP contribution in [0, 0.1) is 0 Å². The zero-order valence-corrected chi connectivity index (χ0v) is 14.8. The molecule has 0 radical (unpaired) electrons. The van der Waals surface area contributed by atoms with Crippen molar-refractivity contribution in [1.82, 2.24) is 9.62 Å². The highest BCUT2D eigenvalue weighted by Crippen LogP contribution is 2.29. The molecule has 0 aliphatic carbocycles. The molecule has 0 aromatic carbocycles. The Balaban J connectivity index is 2.05. The van der Waals surface area contributed by atoms with Gasteiger partial charge in [0.15, 0.2) is 0 Å². The van der Waals surface area contributed by atoms with Crippen molar-refractivity contribution < 1.29 is 8.42 Å². The van der Waals surface area contributed by atoms with Gasteiger partial charge >= 0.3 is 0 Å². The molecule has 120 valence electrons. The van der Waals surface area contributed by atoms with Crippen LogP contribution in [-0.4, -0.2) is 37.9 Å². The summed E-state index contributed by atoms with van der Waals surface area (Å²) in [7, 11) is -3.30. The van der Waals surface area contributed by atoms with Gasteiger partial charge < -0.3 is 5.32 Å². The lowest BCUT2D eigenvalue weighted by atomic mass is 10.1. The van der Waals surface area contributed by atoms with Crippen molar-refractivity contribution in [2.45, 2.75) is 62.7 Å². The fourth-order valence-corrected chi connectivity index (χ4v) is 5.84. The summed E-state index contributed by atoms with van der Waals surface area (Å²) in [5.74, 6) is 0. The van der Waals surface area contributed by atoms with Crippen LogP contribution in [0.3, 0.4) is 0 Å². The van der Waals surface area contributed by atoms with Crippen molar-refractivity contribution in [1.29, 1.82) is 0 Å². The Hall–Kier alpha value is -0.430. The van der Waals surface area contributed by atoms with Crippen molar-refractivity contribution in [3.63, 3.8) is 0 Å². The average Bonchev–Trinajstić information content (AvgIpc) is 2.88. The van der Waals surface area contributed by atoms with Crippen LogP contribution in [0.1, 0.15) is 44.9 Å². The molecule has 1 aliphatic heterocycles. The maximum Gasteiger partial charge on any atom is 0.252 e. The minimum Gasteiger partial charge on any atom is -0.314 e. The summed E-state index contributed by atoms with van der Waals surface area (Å²) in [6.07, 6.45) is 3.95. The topological polar surface area (TPSA) is 49.4 Å². The van der Waals surface area contributed by atoms with Crippen molar-refractivity contribution in [3.8, 4) is 0 Å². The van der Waals surface area contributed by atoms with Gasteiger partial charge in [0.25, 0.3) is 10.0 Å². The first-order valence-electron chi connectivity index (χ1n) is 7.75. The second-order valence-electron chi connectivity index (χ2n) is 6.04. The molecule has 1 saturated heterocycles. The molecule has 1 fully saturated rings. The van der Waals surface area contributed by atoms with E-state index in [-0.39, 0.29) is 6.04 Å². The van der Waals surface area contributed by atoms with Gasteiger partial charge in [-0.2, -0.15) is 4.31 Å². The van der Waals surface area contributed by atoms with Crippen LogP contribution in [0.5, 0.6) is 0 Å². The molecule has 6 heteroatoms. The van der Waals surface area contributed by atoms with Gasteiger partial charge in [0, 0.05) is 30.1 Å². The smallest absolute Gasteiger partial charge is 0.252 e. The predicted molar refractivity (Wildman–Crippen MR) is 88.4 cm³/mol. The third-order valence-corrected chi connectivity index (χ3v) is 7.49. The number of hydrogen-bond donors (Lipinski definition) is 1. The zero-order valence-electron chi connectivity index (χ0n) is 13.1. The van der Waals surface area contributed by atoms with E-state index in [1.165, 1.54) is 11.3 Å². The quantitative estimate of drug-likeness (QED) is 0.872. The third-order valence-electron chi connectivity index (χ3n) is 3.87. The SMILES string of the molecule is CC(C)NCCc1ccc(S(=O)(=O)N2CCCCC2C)s1. The van der Waals surface area contributed by atoms with E-state index in [0.717, 1.165) is 37.1 Å². The van der Waals surface area contributed by atoms with Crippen LogP contribution in [0.15, 0.2) is 16.3 Å². The van der Waals surface area contributed by atoms with E-state index >= 15 is 0 Å². The summed E-state index contributed by atoms with van der Waals surface area (Å²) in [5, 5.41) is 3.36. The standard InChI is InChI=1S/C15H26N2O2S2/c1-12(2)16-10-9-14-7-8-15(20-14)21(18,19)17-11-5-4-6-13(17)3/h7-8,12-13,16H,4-6,9-11H2,1-3H3. The molecule has 1 aromatic rings. The fraction of sp³-hybridized carbons (Fsp3) is 0.733. The molecule has 4 nitrogen and oxygen atoms in total. The Morgan fingerprint density at radius 2 is 2.14 bits per heavy atom. The molecule has 1 aliphatic rings. The normalized spacial score (nSPS) is 21.0. The highest BCUT2D eigenvalue weighted by Gasteiger charge is 2.31. The molecule has 1 unspecified atom stereocenters. The number of sulfonamides is 1. The van der Waals surface area contributed by atoms with E-state index < -0.39 is 10.0 Å². The molecule has 1 atom stereocenters. The molecule has 21 heavy (non-hydrogen) atoms. The molecular formula is C15H26N2O2S2. The Bertz CT molecular complexity index is 552. The second-order valence-corrected chi connectivity index (χ2v) is 9.33. The molecule has 0 saturated carbocycles. The average molecular weight is 331 g/mol. The number of thiophene rings is 1. The molecule has 0 bridgehead atoms. The summed E-state index contributed by atoms with van der Waals surface area (Å²) >= 11 is 1.42. The van der Waals surface area contributed by atoms with E-state index in [4.69, 9.17) is 0 Å². The maximum atomic E-state index is 12.7. The number of nitrogens with one attached hydrogen (secondary N) is 1. The summed E-state index contributed by atoms with van der Waals surface area (Å²) < 4.78 is 27.6. The van der Waals surface area contributed by atoms with E-state index in [2.05, 4.69) is 19.2 Å². The van der Waals surface area contributed by atoms with Gasteiger partial charge in [-0.05, 0) is 38.3 Å². The first-order chi connectivity index (χ1) is 9.91. The van der Waals surface area contributed by atoms with Crippen LogP contribution in [0.25, 0.3) is 0 Å². The van der Waals surface area contributed by atoms with Gasteiger partial charge in [-0.1, -0.05) is 20.3 Å². The molecule has 0 amide bonds. The largest absolute Gasteiger partial charge is 0.314 e. The number of piperidine rings is 1.